The molecule has 0 N–H and O–H groups in total. The van der Waals surface area contributed by atoms with E-state index >= 15 is 0 Å². The van der Waals surface area contributed by atoms with Gasteiger partial charge in [0.2, 0.25) is 0 Å². The quantitative estimate of drug-likeness (QED) is 0.326. The van der Waals surface area contributed by atoms with Gasteiger partial charge in [-0.05, 0) is 33.1 Å². The van der Waals surface area contributed by atoms with Crippen molar-refractivity contribution in [2.75, 3.05) is 7.11 Å². The molecule has 0 bridgehead atoms. The van der Waals surface area contributed by atoms with Gasteiger partial charge in [-0.25, -0.2) is 0 Å². The maximum Gasteiger partial charge on any atom is 0.316 e. The molecule has 0 fully saturated rings. The van der Waals surface area contributed by atoms with E-state index in [1.54, 1.807) is 12.8 Å². The molecule has 0 aromatic rings. The summed E-state index contributed by atoms with van der Waals surface area (Å²) in [5.41, 5.74) is 0. The van der Waals surface area contributed by atoms with Crippen molar-refractivity contribution in [3.05, 3.63) is 39.7 Å². The predicted octanol–water partition coefficient (Wildman–Crippen LogP) is 0.882. The second-order valence-electron chi connectivity index (χ2n) is 2.39. The van der Waals surface area contributed by atoms with Gasteiger partial charge in [-0.15, -0.1) is 0 Å². The first-order valence-corrected chi connectivity index (χ1v) is 4.27. The van der Waals surface area contributed by atoms with Crippen LogP contribution in [0.15, 0.2) is 0 Å². The fraction of sp³-hybridized carbons (Fsp3) is 0.333. The third kappa shape index (κ3) is 22.5. The van der Waals surface area contributed by atoms with Crippen molar-refractivity contribution in [2.45, 2.75) is 13.3 Å². The molecule has 0 rings (SSSR count). The van der Waals surface area contributed by atoms with Crippen molar-refractivity contribution >= 4 is 11.8 Å². The fourth-order valence-electron chi connectivity index (χ4n) is 0.803. The Balaban J connectivity index is -0.0000000816. The molecule has 19 heavy (non-hydrogen) atoms. The first-order chi connectivity index (χ1) is 8.63. The van der Waals surface area contributed by atoms with Crippen molar-refractivity contribution in [1.82, 2.24) is 0 Å². The molecule has 0 saturated heterocycles. The number of unbranched alkanes of at least 4 members (excludes halogenated alkanes) is 1. The topological polar surface area (TPSA) is 103 Å². The predicted molar refractivity (Wildman–Crippen MR) is 56.5 cm³/mol. The summed E-state index contributed by atoms with van der Waals surface area (Å²) in [4.78, 5) is 21.9. The van der Waals surface area contributed by atoms with Gasteiger partial charge in [-0.3, -0.25) is 9.59 Å². The minimum Gasteiger partial charge on any atom is -0.468 e. The molecule has 106 valence electrons. The van der Waals surface area contributed by atoms with Crippen LogP contribution in [0.5, 0.6) is 0 Å². The molecule has 0 amide bonds. The van der Waals surface area contributed by atoms with Crippen LogP contribution in [0.3, 0.4) is 0 Å². The number of Topliss-reactive ketones (excluding diaryl/α,β-unsaturated/α-hetero) is 1. The van der Waals surface area contributed by atoms with Crippen LogP contribution in [0.2, 0.25) is 0 Å². The number of rotatable bonds is 5. The van der Waals surface area contributed by atoms with Crippen LogP contribution >= 0.6 is 0 Å². The molecule has 0 aromatic carbocycles. The average Bonchev–Trinajstić information content (AvgIpc) is 2.45. The number of ketones is 1. The average molecular weight is 312 g/mol. The first kappa shape index (κ1) is 30.7. The first-order valence-electron chi connectivity index (χ1n) is 4.27. The zero-order valence-electron chi connectivity index (χ0n) is 10.4. The molecule has 6 nitrogen and oxygen atoms in total. The van der Waals surface area contributed by atoms with Gasteiger partial charge in [-0.2, -0.15) is 0 Å². The molecule has 0 saturated carbocycles. The molecule has 0 aromatic heterocycles. The van der Waals surface area contributed by atoms with Gasteiger partial charge in [0.25, 0.3) is 0 Å². The molecule has 0 spiro atoms. The number of esters is 1. The van der Waals surface area contributed by atoms with E-state index in [4.69, 9.17) is 14.0 Å². The van der Waals surface area contributed by atoms with Gasteiger partial charge < -0.3 is 4.74 Å². The smallest absolute Gasteiger partial charge is 0.316 e. The summed E-state index contributed by atoms with van der Waals surface area (Å²) in [6, 6.07) is 0. The van der Waals surface area contributed by atoms with Crippen molar-refractivity contribution in [3.8, 4) is 0 Å². The van der Waals surface area contributed by atoms with Gasteiger partial charge in [0.05, 0.1) is 7.11 Å². The second-order valence-corrected chi connectivity index (χ2v) is 2.39. The van der Waals surface area contributed by atoms with Crippen molar-refractivity contribution < 1.29 is 45.1 Å². The van der Waals surface area contributed by atoms with E-state index in [9.17, 15) is 9.59 Å². The van der Waals surface area contributed by atoms with E-state index in [0.717, 1.165) is 0 Å². The van der Waals surface area contributed by atoms with Crippen molar-refractivity contribution in [3.63, 3.8) is 0 Å². The molecule has 1 unspecified atom stereocenters. The standard InChI is InChI=1S/C9H13O3.3CO.Co/c1-4-5-6-8(7(2)10)9(11)12-3;3*1-2;/h4-5,8H,1,6H2,2-3H3;;;;. The Kier molecular flexibility index (Phi) is 48.7. The Morgan fingerprint density at radius 1 is 1.21 bits per heavy atom. The molecule has 0 heterocycles. The minimum absolute atomic E-state index is 0. The minimum atomic E-state index is -0.673. The van der Waals surface area contributed by atoms with Crippen LogP contribution in [0.4, 0.5) is 0 Å². The van der Waals surface area contributed by atoms with Crippen molar-refractivity contribution in [2.24, 2.45) is 5.92 Å². The van der Waals surface area contributed by atoms with E-state index in [0.29, 0.717) is 6.42 Å². The molecular weight excluding hydrogens is 299 g/mol. The van der Waals surface area contributed by atoms with E-state index in [2.05, 4.69) is 31.6 Å². The Morgan fingerprint density at radius 2 is 1.58 bits per heavy atom. The number of ether oxygens (including phenoxy) is 1. The molecular formula is C12H13CoO6. The van der Waals surface area contributed by atoms with E-state index in [-0.39, 0.29) is 22.6 Å². The van der Waals surface area contributed by atoms with Crippen LogP contribution in [0, 0.1) is 45.6 Å². The zero-order chi connectivity index (χ0) is 15.6. The summed E-state index contributed by atoms with van der Waals surface area (Å²) >= 11 is 0. The summed E-state index contributed by atoms with van der Waals surface area (Å²) in [5, 5.41) is 0. The largest absolute Gasteiger partial charge is 0.468 e. The Bertz CT molecular complexity index is 255. The van der Waals surface area contributed by atoms with Crippen LogP contribution in [-0.4, -0.2) is 18.9 Å². The summed E-state index contributed by atoms with van der Waals surface area (Å²) in [7, 11) is 1.27. The van der Waals surface area contributed by atoms with E-state index in [1.807, 2.05) is 0 Å². The van der Waals surface area contributed by atoms with Crippen LogP contribution < -0.4 is 0 Å². The third-order valence-electron chi connectivity index (χ3n) is 1.51. The maximum absolute atomic E-state index is 11.0. The zero-order valence-corrected chi connectivity index (χ0v) is 11.5. The molecule has 0 aliphatic rings. The number of carbonyl (C=O) groups excluding carboxylic acids is 2. The van der Waals surface area contributed by atoms with Crippen LogP contribution in [0.25, 0.3) is 0 Å². The van der Waals surface area contributed by atoms with Crippen LogP contribution in [-0.2, 0) is 45.1 Å². The fourth-order valence-corrected chi connectivity index (χ4v) is 0.803. The third-order valence-corrected chi connectivity index (χ3v) is 1.51. The normalized spacial score (nSPS) is 8.05. The second kappa shape index (κ2) is 30.2. The van der Waals surface area contributed by atoms with E-state index < -0.39 is 11.9 Å². The molecule has 4 radical (unpaired) electrons. The Morgan fingerprint density at radius 3 is 1.79 bits per heavy atom. The van der Waals surface area contributed by atoms with Gasteiger partial charge >= 0.3 is 39.9 Å². The summed E-state index contributed by atoms with van der Waals surface area (Å²) in [5.74, 6) is -1.34. The number of hydrogen-bond acceptors (Lipinski definition) is 3. The van der Waals surface area contributed by atoms with Gasteiger partial charge in [0.15, 0.2) is 0 Å². The Labute approximate surface area is 123 Å². The molecule has 0 aliphatic carbocycles. The monoisotopic (exact) mass is 312 g/mol. The molecule has 0 aliphatic heterocycles. The summed E-state index contributed by atoms with van der Waals surface area (Å²) in [6.45, 7) is 18.3. The van der Waals surface area contributed by atoms with Gasteiger partial charge in [0, 0.05) is 16.8 Å². The Hall–Kier alpha value is -1.13. The van der Waals surface area contributed by atoms with Gasteiger partial charge in [-0.1, -0.05) is 0 Å². The molecule has 7 heteroatoms. The van der Waals surface area contributed by atoms with Gasteiger partial charge in [0.1, 0.15) is 11.7 Å². The summed E-state index contributed by atoms with van der Waals surface area (Å²) < 4.78 is 27.0. The van der Waals surface area contributed by atoms with E-state index in [1.165, 1.54) is 14.0 Å². The molecule has 1 atom stereocenters. The SMILES string of the molecule is [C-]#[O+].[C-]#[O+].[C-]#[O+].[CH2][CH][CH]CC(C(C)=O)C(=O)OC.[Co]. The number of hydrogen-bond donors (Lipinski definition) is 0. The van der Waals surface area contributed by atoms with Crippen LogP contribution in [0.1, 0.15) is 13.3 Å². The number of methoxy groups -OCH3 is 1. The van der Waals surface area contributed by atoms with Crippen molar-refractivity contribution in [1.29, 1.82) is 0 Å². The summed E-state index contributed by atoms with van der Waals surface area (Å²) in [6.07, 6.45) is 3.59. The maximum atomic E-state index is 11.0. The number of carbonyl (C=O) groups is 2.